The van der Waals surface area contributed by atoms with Crippen LogP contribution in [0.25, 0.3) is 10.8 Å². The predicted molar refractivity (Wildman–Crippen MR) is 105 cm³/mol. The molecule has 0 heterocycles. The molecule has 1 amide bonds. The number of methoxy groups -OCH3 is 1. The zero-order chi connectivity index (χ0) is 19.2. The normalized spacial score (nSPS) is 11.6. The van der Waals surface area contributed by atoms with Crippen LogP contribution >= 0.6 is 0 Å². The molecule has 0 unspecified atom stereocenters. The summed E-state index contributed by atoms with van der Waals surface area (Å²) in [6.45, 7) is 1.89. The van der Waals surface area contributed by atoms with E-state index in [0.717, 1.165) is 10.8 Å². The van der Waals surface area contributed by atoms with E-state index in [9.17, 15) is 9.59 Å². The second-order valence-electron chi connectivity index (χ2n) is 6.05. The van der Waals surface area contributed by atoms with Gasteiger partial charge in [-0.25, -0.2) is 4.79 Å². The molecule has 3 aromatic carbocycles. The van der Waals surface area contributed by atoms with E-state index in [0.29, 0.717) is 23.4 Å². The van der Waals surface area contributed by atoms with Gasteiger partial charge < -0.3 is 14.8 Å². The number of anilines is 1. The molecule has 0 spiro atoms. The number of nitrogens with one attached hydrogen (secondary N) is 1. The van der Waals surface area contributed by atoms with Gasteiger partial charge >= 0.3 is 5.97 Å². The van der Waals surface area contributed by atoms with Gasteiger partial charge in [0.05, 0.1) is 12.7 Å². The maximum absolute atomic E-state index is 12.7. The van der Waals surface area contributed by atoms with Gasteiger partial charge in [0.15, 0.2) is 6.10 Å². The summed E-state index contributed by atoms with van der Waals surface area (Å²) < 4.78 is 10.7. The maximum Gasteiger partial charge on any atom is 0.337 e. The first-order valence-corrected chi connectivity index (χ1v) is 8.76. The first-order chi connectivity index (χ1) is 13.1. The summed E-state index contributed by atoms with van der Waals surface area (Å²) in [5.74, 6) is -0.0593. The predicted octanol–water partition coefficient (Wildman–Crippen LogP) is 4.42. The monoisotopic (exact) mass is 363 g/mol. The number of carbonyl (C=O) groups excluding carboxylic acids is 2. The molecule has 0 radical (unpaired) electrons. The lowest BCUT2D eigenvalue weighted by atomic mass is 10.1. The van der Waals surface area contributed by atoms with Gasteiger partial charge in [-0.15, -0.1) is 0 Å². The molecule has 0 aromatic heterocycles. The largest absolute Gasteiger partial charge is 0.480 e. The summed E-state index contributed by atoms with van der Waals surface area (Å²) in [6, 6.07) is 20.2. The minimum absolute atomic E-state index is 0.271. The molecule has 3 rings (SSSR count). The van der Waals surface area contributed by atoms with Crippen LogP contribution in [0.3, 0.4) is 0 Å². The van der Waals surface area contributed by atoms with E-state index in [1.54, 1.807) is 24.3 Å². The standard InChI is InChI=1S/C22H21NO4/c1-3-19(27-20-13-7-9-15-8-4-5-12-18(15)20)21(24)23-17-11-6-10-16(14-17)22(25)26-2/h4-14,19H,3H2,1-2H3,(H,23,24)/t19-/m1/s1. The van der Waals surface area contributed by atoms with E-state index < -0.39 is 12.1 Å². The van der Waals surface area contributed by atoms with Gasteiger partial charge in [-0.2, -0.15) is 0 Å². The van der Waals surface area contributed by atoms with Crippen LogP contribution in [0.1, 0.15) is 23.7 Å². The molecule has 0 saturated heterocycles. The second-order valence-corrected chi connectivity index (χ2v) is 6.05. The fourth-order valence-corrected chi connectivity index (χ4v) is 2.84. The van der Waals surface area contributed by atoms with Gasteiger partial charge in [0.25, 0.3) is 5.91 Å². The second kappa shape index (κ2) is 8.36. The van der Waals surface area contributed by atoms with E-state index in [-0.39, 0.29) is 5.91 Å². The highest BCUT2D eigenvalue weighted by molar-refractivity contribution is 5.97. The average Bonchev–Trinajstić information content (AvgIpc) is 2.71. The Labute approximate surface area is 157 Å². The number of rotatable bonds is 6. The SMILES string of the molecule is CC[C@@H](Oc1cccc2ccccc12)C(=O)Nc1cccc(C(=O)OC)c1. The third kappa shape index (κ3) is 4.26. The Hall–Kier alpha value is -3.34. The molecule has 5 nitrogen and oxygen atoms in total. The van der Waals surface area contributed by atoms with Crippen LogP contribution in [0.4, 0.5) is 5.69 Å². The van der Waals surface area contributed by atoms with Crippen molar-refractivity contribution in [1.82, 2.24) is 0 Å². The first kappa shape index (κ1) is 18.5. The molecule has 138 valence electrons. The lowest BCUT2D eigenvalue weighted by Crippen LogP contribution is -2.32. The summed E-state index contributed by atoms with van der Waals surface area (Å²) in [7, 11) is 1.32. The van der Waals surface area contributed by atoms with Crippen molar-refractivity contribution >= 4 is 28.3 Å². The van der Waals surface area contributed by atoms with Crippen molar-refractivity contribution in [3.8, 4) is 5.75 Å². The van der Waals surface area contributed by atoms with E-state index >= 15 is 0 Å². The average molecular weight is 363 g/mol. The number of hydrogen-bond donors (Lipinski definition) is 1. The molecule has 0 aliphatic heterocycles. The van der Waals surface area contributed by atoms with Crippen LogP contribution in [0, 0.1) is 0 Å². The minimum Gasteiger partial charge on any atom is -0.480 e. The summed E-state index contributed by atoms with van der Waals surface area (Å²) in [6.07, 6.45) is -0.149. The third-order valence-corrected chi connectivity index (χ3v) is 4.23. The molecular formula is C22H21NO4. The van der Waals surface area contributed by atoms with Crippen molar-refractivity contribution in [2.45, 2.75) is 19.4 Å². The molecular weight excluding hydrogens is 342 g/mol. The Morgan fingerprint density at radius 1 is 1.00 bits per heavy atom. The molecule has 5 heteroatoms. The van der Waals surface area contributed by atoms with Gasteiger partial charge in [0.1, 0.15) is 5.75 Å². The van der Waals surface area contributed by atoms with Crippen molar-refractivity contribution < 1.29 is 19.1 Å². The zero-order valence-corrected chi connectivity index (χ0v) is 15.3. The van der Waals surface area contributed by atoms with Crippen LogP contribution in [0.15, 0.2) is 66.7 Å². The van der Waals surface area contributed by atoms with Crippen LogP contribution in [-0.2, 0) is 9.53 Å². The van der Waals surface area contributed by atoms with Crippen molar-refractivity contribution in [2.75, 3.05) is 12.4 Å². The van der Waals surface area contributed by atoms with E-state index in [2.05, 4.69) is 5.32 Å². The van der Waals surface area contributed by atoms with E-state index in [1.807, 2.05) is 49.4 Å². The zero-order valence-electron chi connectivity index (χ0n) is 15.3. The van der Waals surface area contributed by atoms with Gasteiger partial charge in [0.2, 0.25) is 0 Å². The number of benzene rings is 3. The number of fused-ring (bicyclic) bond motifs is 1. The number of esters is 1. The van der Waals surface area contributed by atoms with Crippen LogP contribution in [0.2, 0.25) is 0 Å². The molecule has 1 N–H and O–H groups in total. The summed E-state index contributed by atoms with van der Waals surface area (Å²) in [4.78, 5) is 24.3. The van der Waals surface area contributed by atoms with E-state index in [1.165, 1.54) is 7.11 Å². The van der Waals surface area contributed by atoms with Crippen LogP contribution in [-0.4, -0.2) is 25.1 Å². The molecule has 0 bridgehead atoms. The lowest BCUT2D eigenvalue weighted by Gasteiger charge is -2.18. The summed E-state index contributed by atoms with van der Waals surface area (Å²) in [5, 5.41) is 4.82. The maximum atomic E-state index is 12.7. The number of amides is 1. The van der Waals surface area contributed by atoms with Crippen LogP contribution < -0.4 is 10.1 Å². The van der Waals surface area contributed by atoms with Gasteiger partial charge in [-0.3, -0.25) is 4.79 Å². The van der Waals surface area contributed by atoms with Gasteiger partial charge in [-0.05, 0) is 36.1 Å². The molecule has 1 atom stereocenters. The Kier molecular flexibility index (Phi) is 5.71. The summed E-state index contributed by atoms with van der Waals surface area (Å²) in [5.41, 5.74) is 0.890. The molecule has 0 aliphatic rings. The molecule has 0 aliphatic carbocycles. The first-order valence-electron chi connectivity index (χ1n) is 8.76. The number of ether oxygens (including phenoxy) is 2. The highest BCUT2D eigenvalue weighted by atomic mass is 16.5. The lowest BCUT2D eigenvalue weighted by molar-refractivity contribution is -0.122. The Bertz CT molecular complexity index is 962. The van der Waals surface area contributed by atoms with Gasteiger partial charge in [0, 0.05) is 11.1 Å². The quantitative estimate of drug-likeness (QED) is 0.658. The molecule has 0 fully saturated rings. The Morgan fingerprint density at radius 3 is 2.52 bits per heavy atom. The molecule has 3 aromatic rings. The number of hydrogen-bond acceptors (Lipinski definition) is 4. The Morgan fingerprint density at radius 2 is 1.74 bits per heavy atom. The summed E-state index contributed by atoms with van der Waals surface area (Å²) >= 11 is 0. The van der Waals surface area contributed by atoms with Crippen molar-refractivity contribution in [2.24, 2.45) is 0 Å². The number of carbonyl (C=O) groups is 2. The van der Waals surface area contributed by atoms with Crippen molar-refractivity contribution in [3.63, 3.8) is 0 Å². The van der Waals surface area contributed by atoms with Crippen molar-refractivity contribution in [3.05, 3.63) is 72.3 Å². The van der Waals surface area contributed by atoms with Gasteiger partial charge in [-0.1, -0.05) is 49.4 Å². The third-order valence-electron chi connectivity index (χ3n) is 4.23. The minimum atomic E-state index is -0.655. The highest BCUT2D eigenvalue weighted by Gasteiger charge is 2.20. The fraction of sp³-hybridized carbons (Fsp3) is 0.182. The van der Waals surface area contributed by atoms with E-state index in [4.69, 9.17) is 9.47 Å². The highest BCUT2D eigenvalue weighted by Crippen LogP contribution is 2.26. The molecule has 0 saturated carbocycles. The topological polar surface area (TPSA) is 64.6 Å². The smallest absolute Gasteiger partial charge is 0.337 e. The van der Waals surface area contributed by atoms with Crippen molar-refractivity contribution in [1.29, 1.82) is 0 Å². The van der Waals surface area contributed by atoms with Crippen LogP contribution in [0.5, 0.6) is 5.75 Å². The fourth-order valence-electron chi connectivity index (χ4n) is 2.84. The molecule has 27 heavy (non-hydrogen) atoms. The Balaban J connectivity index is 1.77.